The van der Waals surface area contributed by atoms with Gasteiger partial charge < -0.3 is 9.32 Å². The first-order valence-corrected chi connectivity index (χ1v) is 10.4. The third-order valence-corrected chi connectivity index (χ3v) is 6.69. The monoisotopic (exact) mass is 391 g/mol. The highest BCUT2D eigenvalue weighted by molar-refractivity contribution is 7.89. The van der Waals surface area contributed by atoms with E-state index in [1.165, 1.54) is 4.31 Å². The van der Waals surface area contributed by atoms with E-state index in [-0.39, 0.29) is 18.5 Å². The number of nitrogens with zero attached hydrogens (tertiary/aromatic N) is 2. The molecule has 0 bridgehead atoms. The van der Waals surface area contributed by atoms with Crippen LogP contribution in [0.15, 0.2) is 52.0 Å². The normalized spacial score (nSPS) is 17.0. The van der Waals surface area contributed by atoms with Crippen molar-refractivity contribution in [2.45, 2.75) is 24.8 Å². The summed E-state index contributed by atoms with van der Waals surface area (Å²) in [6.07, 6.45) is 1.60. The summed E-state index contributed by atoms with van der Waals surface area (Å²) in [5, 5.41) is 3.14. The smallest absolute Gasteiger partial charge is 0.243 e. The molecule has 8 heteroatoms. The van der Waals surface area contributed by atoms with E-state index in [0.717, 1.165) is 11.3 Å². The minimum absolute atomic E-state index is 0.0409. The lowest BCUT2D eigenvalue weighted by Crippen LogP contribution is -2.52. The van der Waals surface area contributed by atoms with Crippen molar-refractivity contribution in [1.29, 1.82) is 0 Å². The lowest BCUT2D eigenvalue weighted by Gasteiger charge is -2.34. The average molecular weight is 391 g/mol. The molecule has 27 heavy (non-hydrogen) atoms. The fourth-order valence-corrected chi connectivity index (χ4v) is 4.45. The number of carbonyl (C=O) groups is 1. The minimum Gasteiger partial charge on any atom is -0.468 e. The van der Waals surface area contributed by atoms with Gasteiger partial charge in [0.05, 0.1) is 23.7 Å². The Labute approximate surface area is 160 Å². The first-order valence-electron chi connectivity index (χ1n) is 8.99. The number of amides is 1. The van der Waals surface area contributed by atoms with Crippen molar-refractivity contribution in [2.75, 3.05) is 32.7 Å². The Morgan fingerprint density at radius 2 is 1.81 bits per heavy atom. The second-order valence-corrected chi connectivity index (χ2v) is 8.65. The summed E-state index contributed by atoms with van der Waals surface area (Å²) >= 11 is 0. The Hall–Kier alpha value is -2.16. The summed E-state index contributed by atoms with van der Waals surface area (Å²) in [5.41, 5.74) is 1.01. The van der Waals surface area contributed by atoms with Gasteiger partial charge in [0.2, 0.25) is 15.9 Å². The summed E-state index contributed by atoms with van der Waals surface area (Å²) in [5.74, 6) is 0.734. The topological polar surface area (TPSA) is 82.9 Å². The molecular weight excluding hydrogens is 366 g/mol. The molecule has 1 aromatic heterocycles. The molecular formula is C19H25N3O4S. The molecule has 1 N–H and O–H groups in total. The number of nitrogens with one attached hydrogen (secondary N) is 1. The predicted molar refractivity (Wildman–Crippen MR) is 102 cm³/mol. The van der Waals surface area contributed by atoms with Gasteiger partial charge in [-0.25, -0.2) is 8.42 Å². The van der Waals surface area contributed by atoms with Gasteiger partial charge in [0.25, 0.3) is 0 Å². The van der Waals surface area contributed by atoms with Gasteiger partial charge >= 0.3 is 0 Å². The van der Waals surface area contributed by atoms with E-state index in [9.17, 15) is 13.2 Å². The number of benzene rings is 1. The lowest BCUT2D eigenvalue weighted by molar-refractivity contribution is -0.131. The van der Waals surface area contributed by atoms with Crippen molar-refractivity contribution < 1.29 is 17.6 Å². The first kappa shape index (κ1) is 19.6. The van der Waals surface area contributed by atoms with Gasteiger partial charge in [-0.1, -0.05) is 17.7 Å². The number of hydrogen-bond donors (Lipinski definition) is 1. The quantitative estimate of drug-likeness (QED) is 0.812. The van der Waals surface area contributed by atoms with Crippen molar-refractivity contribution in [3.63, 3.8) is 0 Å². The number of hydrogen-bond acceptors (Lipinski definition) is 5. The van der Waals surface area contributed by atoms with Gasteiger partial charge in [-0.2, -0.15) is 4.31 Å². The Bertz CT molecular complexity index is 855. The van der Waals surface area contributed by atoms with Gasteiger partial charge in [0.1, 0.15) is 5.76 Å². The molecule has 0 aliphatic carbocycles. The molecule has 7 nitrogen and oxygen atoms in total. The molecule has 2 aromatic rings. The minimum atomic E-state index is -3.52. The molecule has 146 valence electrons. The Morgan fingerprint density at radius 3 is 2.41 bits per heavy atom. The van der Waals surface area contributed by atoms with Gasteiger partial charge in [0, 0.05) is 26.2 Å². The van der Waals surface area contributed by atoms with Crippen LogP contribution in [0.1, 0.15) is 24.3 Å². The van der Waals surface area contributed by atoms with E-state index < -0.39 is 10.0 Å². The van der Waals surface area contributed by atoms with Crippen molar-refractivity contribution in [3.8, 4) is 0 Å². The maximum absolute atomic E-state index is 12.7. The molecule has 1 fully saturated rings. The van der Waals surface area contributed by atoms with E-state index in [2.05, 4.69) is 5.32 Å². The van der Waals surface area contributed by atoms with Crippen LogP contribution in [0.3, 0.4) is 0 Å². The molecule has 1 aliphatic rings. The Kier molecular flexibility index (Phi) is 5.98. The molecule has 0 spiro atoms. The zero-order valence-electron chi connectivity index (χ0n) is 15.6. The second kappa shape index (κ2) is 8.24. The molecule has 0 unspecified atom stereocenters. The van der Waals surface area contributed by atoms with E-state index in [1.54, 1.807) is 35.4 Å². The number of piperazine rings is 1. The fraction of sp³-hybridized carbons (Fsp3) is 0.421. The highest BCUT2D eigenvalue weighted by Gasteiger charge is 2.30. The molecule has 1 amide bonds. The summed E-state index contributed by atoms with van der Waals surface area (Å²) in [6.45, 7) is 5.42. The SMILES string of the molecule is Cc1ccc(S(=O)(=O)N2CCN(C(=O)CN[C@H](C)c3ccco3)CC2)cc1. The first-order chi connectivity index (χ1) is 12.9. The molecule has 1 aliphatic heterocycles. The third-order valence-electron chi connectivity index (χ3n) is 4.78. The molecule has 2 heterocycles. The van der Waals surface area contributed by atoms with Crippen LogP contribution in [0.2, 0.25) is 0 Å². The zero-order chi connectivity index (χ0) is 19.4. The van der Waals surface area contributed by atoms with Gasteiger partial charge in [0.15, 0.2) is 0 Å². The van der Waals surface area contributed by atoms with Crippen LogP contribution in [0.25, 0.3) is 0 Å². The molecule has 1 atom stereocenters. The summed E-state index contributed by atoms with van der Waals surface area (Å²) in [4.78, 5) is 14.4. The third kappa shape index (κ3) is 4.58. The summed E-state index contributed by atoms with van der Waals surface area (Å²) < 4.78 is 32.2. The Morgan fingerprint density at radius 1 is 1.15 bits per heavy atom. The van der Waals surface area contributed by atoms with Crippen molar-refractivity contribution in [1.82, 2.24) is 14.5 Å². The van der Waals surface area contributed by atoms with E-state index in [0.29, 0.717) is 31.1 Å². The number of aryl methyl sites for hydroxylation is 1. The number of sulfonamides is 1. The Balaban J connectivity index is 1.52. The van der Waals surface area contributed by atoms with Gasteiger partial charge in [-0.3, -0.25) is 10.1 Å². The zero-order valence-corrected chi connectivity index (χ0v) is 16.4. The van der Waals surface area contributed by atoms with E-state index in [4.69, 9.17) is 4.42 Å². The van der Waals surface area contributed by atoms with Crippen molar-refractivity contribution in [3.05, 3.63) is 54.0 Å². The molecule has 1 saturated heterocycles. The van der Waals surface area contributed by atoms with Crippen LogP contribution < -0.4 is 5.32 Å². The van der Waals surface area contributed by atoms with Gasteiger partial charge in [-0.05, 0) is 38.1 Å². The van der Waals surface area contributed by atoms with Crippen LogP contribution in [0, 0.1) is 6.92 Å². The maximum atomic E-state index is 12.7. The largest absolute Gasteiger partial charge is 0.468 e. The molecule has 0 radical (unpaired) electrons. The summed E-state index contributed by atoms with van der Waals surface area (Å²) in [6, 6.07) is 10.4. The van der Waals surface area contributed by atoms with Gasteiger partial charge in [-0.15, -0.1) is 0 Å². The van der Waals surface area contributed by atoms with Crippen LogP contribution in [0.5, 0.6) is 0 Å². The highest BCUT2D eigenvalue weighted by atomic mass is 32.2. The standard InChI is InChI=1S/C19H25N3O4S/c1-15-5-7-17(8-6-15)27(24,25)22-11-9-21(10-12-22)19(23)14-20-16(2)18-4-3-13-26-18/h3-8,13,16,20H,9-12,14H2,1-2H3/t16-/m1/s1. The van der Waals surface area contributed by atoms with Crippen LogP contribution >= 0.6 is 0 Å². The average Bonchev–Trinajstić information content (AvgIpc) is 3.21. The lowest BCUT2D eigenvalue weighted by atomic mass is 10.2. The van der Waals surface area contributed by atoms with Crippen LogP contribution in [-0.2, 0) is 14.8 Å². The fourth-order valence-electron chi connectivity index (χ4n) is 3.03. The van der Waals surface area contributed by atoms with Crippen LogP contribution in [0.4, 0.5) is 0 Å². The molecule has 1 aromatic carbocycles. The second-order valence-electron chi connectivity index (χ2n) is 6.72. The van der Waals surface area contributed by atoms with Crippen molar-refractivity contribution in [2.24, 2.45) is 0 Å². The van der Waals surface area contributed by atoms with Crippen molar-refractivity contribution >= 4 is 15.9 Å². The molecule has 3 rings (SSSR count). The number of carbonyl (C=O) groups excluding carboxylic acids is 1. The predicted octanol–water partition coefficient (Wildman–Crippen LogP) is 1.77. The van der Waals surface area contributed by atoms with E-state index >= 15 is 0 Å². The van der Waals surface area contributed by atoms with E-state index in [1.807, 2.05) is 26.0 Å². The highest BCUT2D eigenvalue weighted by Crippen LogP contribution is 2.18. The van der Waals surface area contributed by atoms with Crippen LogP contribution in [-0.4, -0.2) is 56.3 Å². The maximum Gasteiger partial charge on any atom is 0.243 e. The number of furan rings is 1. The molecule has 0 saturated carbocycles. The number of rotatable bonds is 6. The summed E-state index contributed by atoms with van der Waals surface area (Å²) in [7, 11) is -3.52.